The molecular weight excluding hydrogens is 336 g/mol. The van der Waals surface area contributed by atoms with Gasteiger partial charge in [0.2, 0.25) is 0 Å². The van der Waals surface area contributed by atoms with Crippen molar-refractivity contribution in [3.8, 4) is 0 Å². The molecule has 5 nitrogen and oxygen atoms in total. The van der Waals surface area contributed by atoms with Gasteiger partial charge < -0.3 is 10.4 Å². The fraction of sp³-hybridized carbons (Fsp3) is 0.368. The van der Waals surface area contributed by atoms with Crippen LogP contribution in [0.15, 0.2) is 42.5 Å². The Hall–Kier alpha value is -2.18. The molecule has 1 saturated heterocycles. The minimum Gasteiger partial charge on any atom is -0.477 e. The van der Waals surface area contributed by atoms with Crippen molar-refractivity contribution in [1.82, 2.24) is 10.2 Å². The summed E-state index contributed by atoms with van der Waals surface area (Å²) in [6.07, 6.45) is 2.11. The molecule has 0 saturated carbocycles. The van der Waals surface area contributed by atoms with Crippen LogP contribution in [0.1, 0.15) is 37.7 Å². The summed E-state index contributed by atoms with van der Waals surface area (Å²) < 4.78 is 0. The topological polar surface area (TPSA) is 69.6 Å². The van der Waals surface area contributed by atoms with E-state index in [0.717, 1.165) is 43.8 Å². The smallest absolute Gasteiger partial charge is 0.345 e. The monoisotopic (exact) mass is 358 g/mol. The molecule has 2 heterocycles. The number of hydrogen-bond acceptors (Lipinski definition) is 4. The highest BCUT2D eigenvalue weighted by atomic mass is 32.1. The average Bonchev–Trinajstić information content (AvgIpc) is 3.25. The van der Waals surface area contributed by atoms with Gasteiger partial charge in [0, 0.05) is 19.6 Å². The Balaban J connectivity index is 1.39. The van der Waals surface area contributed by atoms with Crippen molar-refractivity contribution in [2.75, 3.05) is 19.6 Å². The second-order valence-electron chi connectivity index (χ2n) is 6.39. The van der Waals surface area contributed by atoms with Crippen molar-refractivity contribution in [3.05, 3.63) is 57.8 Å². The van der Waals surface area contributed by atoms with Gasteiger partial charge in [0.1, 0.15) is 4.88 Å². The fourth-order valence-electron chi connectivity index (χ4n) is 3.19. The highest BCUT2D eigenvalue weighted by molar-refractivity contribution is 7.15. The number of aromatic carboxylic acids is 1. The molecule has 1 amide bonds. The maximum absolute atomic E-state index is 12.1. The van der Waals surface area contributed by atoms with E-state index in [-0.39, 0.29) is 10.8 Å². The molecule has 0 bridgehead atoms. The number of carboxylic acids is 1. The van der Waals surface area contributed by atoms with Crippen molar-refractivity contribution >= 4 is 23.2 Å². The largest absolute Gasteiger partial charge is 0.477 e. The number of rotatable bonds is 7. The number of nitrogens with one attached hydrogen (secondary N) is 1. The predicted molar refractivity (Wildman–Crippen MR) is 98.1 cm³/mol. The maximum Gasteiger partial charge on any atom is 0.345 e. The van der Waals surface area contributed by atoms with E-state index in [0.29, 0.717) is 17.3 Å². The second kappa shape index (κ2) is 8.27. The normalized spacial score (nSPS) is 17.5. The van der Waals surface area contributed by atoms with Gasteiger partial charge in [-0.2, -0.15) is 0 Å². The summed E-state index contributed by atoms with van der Waals surface area (Å²) in [5.74, 6) is -0.577. The second-order valence-corrected chi connectivity index (χ2v) is 7.47. The average molecular weight is 358 g/mol. The molecule has 0 aliphatic carbocycles. The first-order chi connectivity index (χ1) is 12.1. The van der Waals surface area contributed by atoms with Crippen molar-refractivity contribution in [1.29, 1.82) is 0 Å². The number of carbonyl (C=O) groups excluding carboxylic acids is 1. The molecule has 132 valence electrons. The van der Waals surface area contributed by atoms with Crippen LogP contribution in [0.25, 0.3) is 0 Å². The molecule has 0 unspecified atom stereocenters. The van der Waals surface area contributed by atoms with Gasteiger partial charge in [-0.3, -0.25) is 9.69 Å². The summed E-state index contributed by atoms with van der Waals surface area (Å²) in [6, 6.07) is 13.5. The Labute approximate surface area is 151 Å². The SMILES string of the molecule is O=C(O)c1ccc(C(=O)NCC[C@@H]2CCN(Cc3ccccc3)C2)s1. The van der Waals surface area contributed by atoms with E-state index in [1.54, 1.807) is 6.07 Å². The Morgan fingerprint density at radius 3 is 2.64 bits per heavy atom. The number of nitrogens with zero attached hydrogens (tertiary/aromatic N) is 1. The number of likely N-dealkylation sites (tertiary alicyclic amines) is 1. The molecular formula is C19H22N2O3S. The van der Waals surface area contributed by atoms with E-state index in [1.807, 2.05) is 6.07 Å². The Morgan fingerprint density at radius 1 is 1.16 bits per heavy atom. The van der Waals surface area contributed by atoms with Gasteiger partial charge in [-0.05, 0) is 43.0 Å². The summed E-state index contributed by atoms with van der Waals surface area (Å²) >= 11 is 1.01. The van der Waals surface area contributed by atoms with Crippen LogP contribution in [0.2, 0.25) is 0 Å². The van der Waals surface area contributed by atoms with E-state index < -0.39 is 5.97 Å². The summed E-state index contributed by atoms with van der Waals surface area (Å²) in [5.41, 5.74) is 1.34. The summed E-state index contributed by atoms with van der Waals surface area (Å²) in [4.78, 5) is 26.0. The first kappa shape index (κ1) is 17.6. The lowest BCUT2D eigenvalue weighted by Crippen LogP contribution is -2.26. The molecule has 1 aromatic carbocycles. The third-order valence-electron chi connectivity index (χ3n) is 4.50. The van der Waals surface area contributed by atoms with Crippen LogP contribution < -0.4 is 5.32 Å². The van der Waals surface area contributed by atoms with Crippen LogP contribution in [0, 0.1) is 5.92 Å². The molecule has 1 atom stereocenters. The molecule has 0 spiro atoms. The van der Waals surface area contributed by atoms with Gasteiger partial charge in [-0.15, -0.1) is 11.3 Å². The molecule has 0 radical (unpaired) electrons. The number of carbonyl (C=O) groups is 2. The molecule has 3 rings (SSSR count). The number of amides is 1. The zero-order chi connectivity index (χ0) is 17.6. The quantitative estimate of drug-likeness (QED) is 0.798. The van der Waals surface area contributed by atoms with E-state index in [9.17, 15) is 9.59 Å². The van der Waals surface area contributed by atoms with Crippen molar-refractivity contribution in [2.45, 2.75) is 19.4 Å². The summed E-state index contributed by atoms with van der Waals surface area (Å²) in [6.45, 7) is 3.77. The molecule has 1 fully saturated rings. The van der Waals surface area contributed by atoms with Crippen LogP contribution in [0.3, 0.4) is 0 Å². The number of carboxylic acid groups (broad SMARTS) is 1. The zero-order valence-electron chi connectivity index (χ0n) is 14.0. The number of hydrogen-bond donors (Lipinski definition) is 2. The zero-order valence-corrected chi connectivity index (χ0v) is 14.8. The molecule has 1 aliphatic heterocycles. The first-order valence-electron chi connectivity index (χ1n) is 8.49. The lowest BCUT2D eigenvalue weighted by atomic mass is 10.1. The van der Waals surface area contributed by atoms with Crippen LogP contribution in [0.4, 0.5) is 0 Å². The van der Waals surface area contributed by atoms with Crippen LogP contribution >= 0.6 is 11.3 Å². The highest BCUT2D eigenvalue weighted by Gasteiger charge is 2.22. The molecule has 1 aromatic heterocycles. The maximum atomic E-state index is 12.1. The summed E-state index contributed by atoms with van der Waals surface area (Å²) in [5, 5.41) is 11.8. The van der Waals surface area contributed by atoms with Crippen molar-refractivity contribution in [3.63, 3.8) is 0 Å². The molecule has 6 heteroatoms. The third-order valence-corrected chi connectivity index (χ3v) is 5.57. The lowest BCUT2D eigenvalue weighted by Gasteiger charge is -2.16. The Kier molecular flexibility index (Phi) is 5.83. The van der Waals surface area contributed by atoms with Crippen molar-refractivity contribution in [2.24, 2.45) is 5.92 Å². The highest BCUT2D eigenvalue weighted by Crippen LogP contribution is 2.21. The molecule has 1 aliphatic rings. The molecule has 2 aromatic rings. The van der Waals surface area contributed by atoms with E-state index in [2.05, 4.69) is 34.5 Å². The molecule has 25 heavy (non-hydrogen) atoms. The van der Waals surface area contributed by atoms with Crippen LogP contribution in [-0.2, 0) is 6.54 Å². The summed E-state index contributed by atoms with van der Waals surface area (Å²) in [7, 11) is 0. The van der Waals surface area contributed by atoms with Crippen molar-refractivity contribution < 1.29 is 14.7 Å². The van der Waals surface area contributed by atoms with E-state index >= 15 is 0 Å². The molecule has 2 N–H and O–H groups in total. The van der Waals surface area contributed by atoms with E-state index in [1.165, 1.54) is 11.6 Å². The lowest BCUT2D eigenvalue weighted by molar-refractivity contribution is 0.0702. The van der Waals surface area contributed by atoms with Crippen LogP contribution in [0.5, 0.6) is 0 Å². The van der Waals surface area contributed by atoms with Gasteiger partial charge in [-0.1, -0.05) is 30.3 Å². The predicted octanol–water partition coefficient (Wildman–Crippen LogP) is 3.09. The van der Waals surface area contributed by atoms with Gasteiger partial charge in [0.05, 0.1) is 4.88 Å². The van der Waals surface area contributed by atoms with Gasteiger partial charge >= 0.3 is 5.97 Å². The Bertz CT molecular complexity index is 729. The number of thiophene rings is 1. The van der Waals surface area contributed by atoms with Crippen LogP contribution in [-0.4, -0.2) is 41.5 Å². The third kappa shape index (κ3) is 4.90. The minimum absolute atomic E-state index is 0.184. The van der Waals surface area contributed by atoms with E-state index in [4.69, 9.17) is 5.11 Å². The minimum atomic E-state index is -0.992. The van der Waals surface area contributed by atoms with Gasteiger partial charge in [-0.25, -0.2) is 4.79 Å². The fourth-order valence-corrected chi connectivity index (χ4v) is 3.95. The number of benzene rings is 1. The Morgan fingerprint density at radius 2 is 1.92 bits per heavy atom. The van der Waals surface area contributed by atoms with Gasteiger partial charge in [0.25, 0.3) is 5.91 Å². The van der Waals surface area contributed by atoms with Gasteiger partial charge in [0.15, 0.2) is 0 Å². The standard InChI is InChI=1S/C19H22N2O3S/c22-18(16-6-7-17(25-16)19(23)24)20-10-8-15-9-11-21(13-15)12-14-4-2-1-3-5-14/h1-7,15H,8-13H2,(H,20,22)(H,23,24)/t15-/m1/s1. The first-order valence-corrected chi connectivity index (χ1v) is 9.31.